The van der Waals surface area contributed by atoms with Crippen molar-refractivity contribution in [3.05, 3.63) is 312 Å². The molecule has 98 heavy (non-hydrogen) atoms. The second kappa shape index (κ2) is 33.1. The monoisotopic (exact) mass is 1310 g/mol. The minimum Gasteiger partial charge on any atom is -0.200 e. The maximum Gasteiger partial charge on any atom is 0.212 e. The average Bonchev–Trinajstić information content (AvgIpc) is 1.20. The van der Waals surface area contributed by atoms with Crippen LogP contribution in [-0.4, -0.2) is 0 Å². The van der Waals surface area contributed by atoms with Gasteiger partial charge in [0.1, 0.15) is 28.2 Å². The molecule has 2 unspecified atom stereocenters. The third kappa shape index (κ3) is 17.5. The van der Waals surface area contributed by atoms with Gasteiger partial charge in [0, 0.05) is 93.4 Å². The minimum absolute atomic E-state index is 0.0494. The Morgan fingerprint density at radius 1 is 0.357 bits per heavy atom. The maximum atomic E-state index is 8.98. The summed E-state index contributed by atoms with van der Waals surface area (Å²) in [7, 11) is 8.03. The molecule has 4 heterocycles. The number of pyridine rings is 4. The van der Waals surface area contributed by atoms with Crippen molar-refractivity contribution in [1.82, 2.24) is 0 Å². The van der Waals surface area contributed by atoms with Crippen LogP contribution >= 0.6 is 0 Å². The van der Waals surface area contributed by atoms with Crippen LogP contribution in [0.3, 0.4) is 0 Å². The summed E-state index contributed by atoms with van der Waals surface area (Å²) in [6.45, 7) is 6.60. The minimum atomic E-state index is -2.38. The lowest BCUT2D eigenvalue weighted by molar-refractivity contribution is -0.660. The molecule has 2 fully saturated rings. The van der Waals surface area contributed by atoms with Crippen molar-refractivity contribution in [2.45, 2.75) is 137 Å². The molecule has 8 aromatic carbocycles. The van der Waals surface area contributed by atoms with E-state index in [4.69, 9.17) is 24.7 Å². The van der Waals surface area contributed by atoms with Crippen molar-refractivity contribution in [3.8, 4) is 89.5 Å². The molecule has 0 N–H and O–H groups in total. The lowest BCUT2D eigenvalue weighted by Gasteiger charge is -2.22. The number of aryl methyl sites for hydroxylation is 8. The molecule has 0 spiro atoms. The first-order valence-electron chi connectivity index (χ1n) is 43.0. The summed E-state index contributed by atoms with van der Waals surface area (Å²) in [6.07, 6.45) is 1.59. The van der Waals surface area contributed by atoms with E-state index in [1.54, 1.807) is 42.5 Å². The highest BCUT2D eigenvalue weighted by molar-refractivity contribution is 5.71. The van der Waals surface area contributed by atoms with Gasteiger partial charge >= 0.3 is 0 Å². The van der Waals surface area contributed by atoms with Crippen LogP contribution < -0.4 is 18.3 Å². The fourth-order valence-corrected chi connectivity index (χ4v) is 12.9. The zero-order chi connectivity index (χ0) is 84.5. The molecule has 2 aliphatic rings. The first kappa shape index (κ1) is 49.8. The second-order valence-electron chi connectivity index (χ2n) is 25.8. The van der Waals surface area contributed by atoms with Crippen LogP contribution in [-0.2, 0) is 34.6 Å². The van der Waals surface area contributed by atoms with E-state index in [9.17, 15) is 0 Å². The molecular formula is C94H104N4+4. The predicted molar refractivity (Wildman–Crippen MR) is 413 cm³/mol. The third-order valence-electron chi connectivity index (χ3n) is 18.2. The number of rotatable bonds is 13. The summed E-state index contributed by atoms with van der Waals surface area (Å²) in [5, 5.41) is 0. The number of hydrogen-bond donors (Lipinski definition) is 0. The van der Waals surface area contributed by atoms with Gasteiger partial charge in [0.25, 0.3) is 0 Å². The molecule has 0 amide bonds. The predicted octanol–water partition coefficient (Wildman–Crippen LogP) is 22.6. The van der Waals surface area contributed by atoms with Gasteiger partial charge in [-0.05, 0) is 198 Å². The Morgan fingerprint density at radius 2 is 0.684 bits per heavy atom. The van der Waals surface area contributed by atoms with Crippen LogP contribution in [0.25, 0.3) is 89.5 Å². The number of benzene rings is 8. The van der Waals surface area contributed by atoms with Crippen molar-refractivity contribution in [1.29, 1.82) is 0 Å². The molecule has 4 nitrogen and oxygen atoms in total. The van der Waals surface area contributed by atoms with Gasteiger partial charge in [-0.3, -0.25) is 0 Å². The van der Waals surface area contributed by atoms with Gasteiger partial charge in [0.2, 0.25) is 22.8 Å². The summed E-state index contributed by atoms with van der Waals surface area (Å²) in [4.78, 5) is 0. The quantitative estimate of drug-likeness (QED) is 0.102. The molecule has 4 heteroatoms. The van der Waals surface area contributed by atoms with Crippen molar-refractivity contribution in [2.75, 3.05) is 0 Å². The summed E-state index contributed by atoms with van der Waals surface area (Å²) in [5.41, 5.74) is 23.7. The SMILES string of the molecule is [2H]C([2H])([2H])C([2H])(C)Cc1cccc(-c2ccc(-c3ccccc3C)[n+](C)c2)c1.[2H]C([2H])([2H])C([2H])(C)c1cccc(-c2ccc(-c3ccccc3C)[n+](C)c2)c1.[2H]C1([2H])CCC([2H])([2H])C1([2H])c1cccc(-c2ccc(-c3ccccc3C)[n+](C)c2)c1.[2H]C1([2H])CCCC([2H])([2H])C1([2H])c1cccc(-c2ccc(-c3ccccc3C)[n+](C)c2)c1. The Morgan fingerprint density at radius 3 is 1.03 bits per heavy atom. The fraction of sp³-hybridized carbons (Fsp3) is 0.277. The lowest BCUT2D eigenvalue weighted by atomic mass is 9.83. The molecule has 2 saturated carbocycles. The Kier molecular flexibility index (Phi) is 16.8. The number of nitrogens with zero attached hydrogens (tertiary/aromatic N) is 4. The van der Waals surface area contributed by atoms with E-state index < -0.39 is 62.8 Å². The van der Waals surface area contributed by atoms with Crippen LogP contribution in [0, 0.1) is 33.6 Å². The van der Waals surface area contributed by atoms with Gasteiger partial charge in [-0.1, -0.05) is 230 Å². The summed E-state index contributed by atoms with van der Waals surface area (Å²) in [5.74, 6) is -7.03. The van der Waals surface area contributed by atoms with Gasteiger partial charge in [-0.25, -0.2) is 18.3 Å². The van der Waals surface area contributed by atoms with Gasteiger partial charge in [0.15, 0.2) is 24.8 Å². The van der Waals surface area contributed by atoms with E-state index in [1.807, 2.05) is 168 Å². The van der Waals surface area contributed by atoms with Crippen LogP contribution in [0.2, 0.25) is 0 Å². The largest absolute Gasteiger partial charge is 0.212 e. The zero-order valence-electron chi connectivity index (χ0n) is 76.4. The molecule has 496 valence electrons. The van der Waals surface area contributed by atoms with E-state index >= 15 is 0 Å². The average molecular weight is 1310 g/mol. The van der Waals surface area contributed by atoms with Crippen LogP contribution in [0.5, 0.6) is 0 Å². The molecule has 4 aromatic heterocycles. The first-order chi connectivity index (χ1) is 54.3. The van der Waals surface area contributed by atoms with Crippen LogP contribution in [0.4, 0.5) is 0 Å². The molecule has 12 aromatic rings. The molecule has 2 aliphatic carbocycles. The van der Waals surface area contributed by atoms with E-state index in [2.05, 4.69) is 131 Å². The Hall–Kier alpha value is -9.64. The molecule has 0 saturated heterocycles. The molecular weight excluding hydrogens is 1190 g/mol. The zero-order valence-corrected chi connectivity index (χ0v) is 58.4. The van der Waals surface area contributed by atoms with E-state index in [0.29, 0.717) is 23.1 Å². The number of hydrogen-bond acceptors (Lipinski definition) is 0. The van der Waals surface area contributed by atoms with Gasteiger partial charge in [-0.15, -0.1) is 0 Å². The van der Waals surface area contributed by atoms with Gasteiger partial charge < -0.3 is 0 Å². The molecule has 0 aliphatic heterocycles. The molecule has 2 atom stereocenters. The highest BCUT2D eigenvalue weighted by Gasteiger charge is 2.22. The van der Waals surface area contributed by atoms with E-state index in [1.165, 1.54) is 52.8 Å². The first-order valence-corrected chi connectivity index (χ1v) is 34.0. The van der Waals surface area contributed by atoms with E-state index in [0.717, 1.165) is 78.4 Å². The Balaban J connectivity index is 0.000000152. The molecule has 0 radical (unpaired) electrons. The maximum absolute atomic E-state index is 8.98. The summed E-state index contributed by atoms with van der Waals surface area (Å²) >= 11 is 0. The van der Waals surface area contributed by atoms with Gasteiger partial charge in [0.05, 0.1) is 0 Å². The number of aromatic nitrogens is 4. The normalized spacial score (nSPS) is 19.9. The van der Waals surface area contributed by atoms with Crippen molar-refractivity contribution in [3.63, 3.8) is 0 Å². The summed E-state index contributed by atoms with van der Waals surface area (Å²) < 4.78 is 156. The smallest absolute Gasteiger partial charge is 0.200 e. The summed E-state index contributed by atoms with van der Waals surface area (Å²) in [6, 6.07) is 79.0. The van der Waals surface area contributed by atoms with Crippen molar-refractivity contribution >= 4 is 0 Å². The standard InChI is InChI=1S/C25H28N.C24H26N.C23H26N.C22H24N/c1-19-9-6-7-14-24(19)25-16-15-23(18-26(25)2)22-13-8-12-21(17-22)20-10-4-3-5-11-20;1-18-8-3-6-13-23(18)24-15-14-22(17-25(24)2)21-12-7-11-20(16-21)19-9-4-5-10-19;1-17(2)14-19-9-7-10-20(15-19)21-12-13-23(24(4)16-21)22-11-6-5-8-18(22)3;1-16(2)18-9-7-10-19(14-18)20-12-13-22(23(4)15-20)21-11-6-5-8-17(21)3/h6-9,12-18,20H,3-5,10-11H2,1-2H3;3,6-8,11-17,19H,4-5,9-10H2,1-2H3;5-13,15-17H,14H2,1-4H3;5-16H,1-4H3/q4*+1/i10D2,11D2,20D;9D2,10D2,19D;1D3,17D;1D3,16D. The van der Waals surface area contributed by atoms with Crippen LogP contribution in [0.1, 0.15) is 172 Å². The van der Waals surface area contributed by atoms with Crippen LogP contribution in [0.15, 0.2) is 267 Å². The Labute approximate surface area is 613 Å². The van der Waals surface area contributed by atoms with Crippen molar-refractivity contribution in [2.24, 2.45) is 34.1 Å². The molecule has 0 bridgehead atoms. The Bertz CT molecular complexity index is 5520. The third-order valence-corrected chi connectivity index (χ3v) is 18.2. The lowest BCUT2D eigenvalue weighted by Crippen LogP contribution is -2.30. The van der Waals surface area contributed by atoms with Gasteiger partial charge in [-0.2, -0.15) is 0 Å². The highest BCUT2D eigenvalue weighted by atomic mass is 14.9. The molecule has 14 rings (SSSR count). The fourth-order valence-electron chi connectivity index (χ4n) is 12.9. The topological polar surface area (TPSA) is 15.5 Å². The van der Waals surface area contributed by atoms with E-state index in [-0.39, 0.29) is 32.1 Å². The second-order valence-corrected chi connectivity index (χ2v) is 25.8. The van der Waals surface area contributed by atoms with Crippen molar-refractivity contribution < 1.29 is 42.9 Å². The highest BCUT2D eigenvalue weighted by Crippen LogP contribution is 2.38.